The maximum Gasteiger partial charge on any atom is 0.305 e. The molecule has 2 atom stereocenters. The molecular weight excluding hydrogens is 256 g/mol. The van der Waals surface area contributed by atoms with Gasteiger partial charge in [0.05, 0.1) is 12.7 Å². The Bertz CT molecular complexity index is 377. The van der Waals surface area contributed by atoms with Gasteiger partial charge in [-0.3, -0.25) is 4.79 Å². The molecule has 0 radical (unpaired) electrons. The number of carbonyl (C=O) groups excluding carboxylic acids is 1. The molecular formula is C16H24O4. The highest BCUT2D eigenvalue weighted by molar-refractivity contribution is 5.69. The molecule has 0 aromatic heterocycles. The lowest BCUT2D eigenvalue weighted by molar-refractivity contribution is -0.157. The summed E-state index contributed by atoms with van der Waals surface area (Å²) in [7, 11) is 1.65. The molecule has 1 unspecified atom stereocenters. The zero-order chi connectivity index (χ0) is 14.8. The summed E-state index contributed by atoms with van der Waals surface area (Å²) in [6.45, 7) is 4.72. The minimum absolute atomic E-state index is 0.161. The lowest BCUT2D eigenvalue weighted by Gasteiger charge is -2.24. The quantitative estimate of drug-likeness (QED) is 0.652. The molecule has 4 heteroatoms. The van der Waals surface area contributed by atoms with Gasteiger partial charge < -0.3 is 14.2 Å². The Labute approximate surface area is 121 Å². The molecule has 1 aromatic carbocycles. The highest BCUT2D eigenvalue weighted by atomic mass is 16.6. The number of ether oxygens (including phenoxy) is 3. The minimum Gasteiger partial charge on any atom is -0.460 e. The maximum atomic E-state index is 11.4. The van der Waals surface area contributed by atoms with Gasteiger partial charge in [-0.25, -0.2) is 0 Å². The van der Waals surface area contributed by atoms with Crippen LogP contribution in [0.4, 0.5) is 0 Å². The predicted octanol–water partition coefficient (Wildman–Crippen LogP) is 2.95. The summed E-state index contributed by atoms with van der Waals surface area (Å²) in [5.41, 5.74) is 1.10. The van der Waals surface area contributed by atoms with Crippen LogP contribution in [0.15, 0.2) is 30.3 Å². The smallest absolute Gasteiger partial charge is 0.305 e. The van der Waals surface area contributed by atoms with Gasteiger partial charge in [0.15, 0.2) is 0 Å². The second kappa shape index (κ2) is 9.50. The van der Waals surface area contributed by atoms with Crippen molar-refractivity contribution in [3.63, 3.8) is 0 Å². The van der Waals surface area contributed by atoms with Gasteiger partial charge in [0.25, 0.3) is 0 Å². The number of hydrogen-bond acceptors (Lipinski definition) is 4. The third-order valence-corrected chi connectivity index (χ3v) is 3.04. The first-order chi connectivity index (χ1) is 9.67. The summed E-state index contributed by atoms with van der Waals surface area (Å²) in [6, 6.07) is 9.94. The highest BCUT2D eigenvalue weighted by Crippen LogP contribution is 2.13. The Balaban J connectivity index is 2.52. The van der Waals surface area contributed by atoms with Gasteiger partial charge in [-0.1, -0.05) is 37.3 Å². The lowest BCUT2D eigenvalue weighted by atomic mass is 10.1. The number of hydrogen-bond donors (Lipinski definition) is 0. The van der Waals surface area contributed by atoms with Crippen LogP contribution in [0.3, 0.4) is 0 Å². The van der Waals surface area contributed by atoms with Crippen LogP contribution < -0.4 is 0 Å². The van der Waals surface area contributed by atoms with E-state index in [2.05, 4.69) is 0 Å². The predicted molar refractivity (Wildman–Crippen MR) is 77.4 cm³/mol. The van der Waals surface area contributed by atoms with Gasteiger partial charge in [-0.2, -0.15) is 0 Å². The van der Waals surface area contributed by atoms with E-state index in [9.17, 15) is 4.79 Å². The van der Waals surface area contributed by atoms with Crippen molar-refractivity contribution in [1.82, 2.24) is 0 Å². The Morgan fingerprint density at radius 2 is 1.95 bits per heavy atom. The molecule has 1 aromatic rings. The number of esters is 1. The van der Waals surface area contributed by atoms with E-state index in [4.69, 9.17) is 14.2 Å². The molecule has 0 aliphatic rings. The SMILES string of the molecule is CCC(=O)OC(C)[C@@H](CCOC)OCc1ccccc1. The monoisotopic (exact) mass is 280 g/mol. The summed E-state index contributed by atoms with van der Waals surface area (Å²) >= 11 is 0. The van der Waals surface area contributed by atoms with Gasteiger partial charge in [0.1, 0.15) is 6.10 Å². The van der Waals surface area contributed by atoms with E-state index in [0.717, 1.165) is 5.56 Å². The summed E-state index contributed by atoms with van der Waals surface area (Å²) in [5, 5.41) is 0. The molecule has 0 saturated carbocycles. The molecule has 4 nitrogen and oxygen atoms in total. The Morgan fingerprint density at radius 3 is 2.55 bits per heavy atom. The third kappa shape index (κ3) is 6.17. The molecule has 20 heavy (non-hydrogen) atoms. The number of benzene rings is 1. The summed E-state index contributed by atoms with van der Waals surface area (Å²) in [4.78, 5) is 11.4. The van der Waals surface area contributed by atoms with Crippen LogP contribution >= 0.6 is 0 Å². The molecule has 0 saturated heterocycles. The van der Waals surface area contributed by atoms with E-state index in [1.807, 2.05) is 37.3 Å². The second-order valence-electron chi connectivity index (χ2n) is 4.67. The van der Waals surface area contributed by atoms with Gasteiger partial charge in [0, 0.05) is 26.6 Å². The minimum atomic E-state index is -0.277. The summed E-state index contributed by atoms with van der Waals surface area (Å²) in [6.07, 6.45) is 0.633. The lowest BCUT2D eigenvalue weighted by Crippen LogP contribution is -2.32. The van der Waals surface area contributed by atoms with Crippen molar-refractivity contribution in [1.29, 1.82) is 0 Å². The van der Waals surface area contributed by atoms with E-state index >= 15 is 0 Å². The van der Waals surface area contributed by atoms with Crippen molar-refractivity contribution in [3.8, 4) is 0 Å². The van der Waals surface area contributed by atoms with Gasteiger partial charge in [-0.15, -0.1) is 0 Å². The highest BCUT2D eigenvalue weighted by Gasteiger charge is 2.21. The molecule has 0 amide bonds. The first-order valence-electron chi connectivity index (χ1n) is 7.01. The van der Waals surface area contributed by atoms with Crippen molar-refractivity contribution in [2.45, 2.75) is 45.5 Å². The van der Waals surface area contributed by atoms with Crippen molar-refractivity contribution >= 4 is 5.97 Å². The molecule has 0 spiro atoms. The van der Waals surface area contributed by atoms with E-state index in [0.29, 0.717) is 26.1 Å². The van der Waals surface area contributed by atoms with Crippen LogP contribution in [0.5, 0.6) is 0 Å². The van der Waals surface area contributed by atoms with Crippen molar-refractivity contribution < 1.29 is 19.0 Å². The topological polar surface area (TPSA) is 44.8 Å². The number of rotatable bonds is 9. The molecule has 112 valence electrons. The first kappa shape index (κ1) is 16.7. The van der Waals surface area contributed by atoms with Gasteiger partial charge >= 0.3 is 5.97 Å². The Morgan fingerprint density at radius 1 is 1.25 bits per heavy atom. The van der Waals surface area contributed by atoms with Crippen molar-refractivity contribution in [3.05, 3.63) is 35.9 Å². The molecule has 0 bridgehead atoms. The van der Waals surface area contributed by atoms with E-state index in [1.165, 1.54) is 0 Å². The second-order valence-corrected chi connectivity index (χ2v) is 4.67. The molecule has 0 aliphatic carbocycles. The first-order valence-corrected chi connectivity index (χ1v) is 7.01. The maximum absolute atomic E-state index is 11.4. The zero-order valence-corrected chi connectivity index (χ0v) is 12.5. The fourth-order valence-electron chi connectivity index (χ4n) is 1.83. The van der Waals surface area contributed by atoms with E-state index in [-0.39, 0.29) is 18.2 Å². The fraction of sp³-hybridized carbons (Fsp3) is 0.562. The number of carbonyl (C=O) groups is 1. The van der Waals surface area contributed by atoms with Gasteiger partial charge in [-0.05, 0) is 12.5 Å². The van der Waals surface area contributed by atoms with Crippen LogP contribution in [0.2, 0.25) is 0 Å². The summed E-state index contributed by atoms with van der Waals surface area (Å²) in [5.74, 6) is -0.205. The van der Waals surface area contributed by atoms with E-state index < -0.39 is 0 Å². The van der Waals surface area contributed by atoms with Crippen LogP contribution in [-0.4, -0.2) is 31.9 Å². The molecule has 1 rings (SSSR count). The van der Waals surface area contributed by atoms with Crippen molar-refractivity contribution in [2.75, 3.05) is 13.7 Å². The van der Waals surface area contributed by atoms with Gasteiger partial charge in [0.2, 0.25) is 0 Å². The fourth-order valence-corrected chi connectivity index (χ4v) is 1.83. The van der Waals surface area contributed by atoms with Crippen LogP contribution in [-0.2, 0) is 25.6 Å². The third-order valence-electron chi connectivity index (χ3n) is 3.04. The number of methoxy groups -OCH3 is 1. The molecule has 0 fully saturated rings. The zero-order valence-electron chi connectivity index (χ0n) is 12.5. The van der Waals surface area contributed by atoms with Crippen LogP contribution in [0, 0.1) is 0 Å². The average molecular weight is 280 g/mol. The normalized spacial score (nSPS) is 13.8. The standard InChI is InChI=1S/C16H24O4/c1-4-16(17)20-13(2)15(10-11-18-3)19-12-14-8-6-5-7-9-14/h5-9,13,15H,4,10-12H2,1-3H3/t13?,15-/m1/s1. The molecule has 0 aliphatic heterocycles. The summed E-state index contributed by atoms with van der Waals surface area (Å²) < 4.78 is 16.3. The molecule has 0 N–H and O–H groups in total. The van der Waals surface area contributed by atoms with Crippen LogP contribution in [0.25, 0.3) is 0 Å². The van der Waals surface area contributed by atoms with E-state index in [1.54, 1.807) is 14.0 Å². The molecule has 0 heterocycles. The Hall–Kier alpha value is -1.39. The van der Waals surface area contributed by atoms with Crippen molar-refractivity contribution in [2.24, 2.45) is 0 Å². The largest absolute Gasteiger partial charge is 0.460 e. The average Bonchev–Trinajstić information content (AvgIpc) is 2.48. The Kier molecular flexibility index (Phi) is 7.92. The van der Waals surface area contributed by atoms with Crippen LogP contribution in [0.1, 0.15) is 32.3 Å².